The first-order valence-electron chi connectivity index (χ1n) is 6.73. The lowest BCUT2D eigenvalue weighted by Crippen LogP contribution is -2.46. The zero-order valence-corrected chi connectivity index (χ0v) is 12.1. The van der Waals surface area contributed by atoms with Gasteiger partial charge in [0.25, 0.3) is 0 Å². The van der Waals surface area contributed by atoms with Crippen LogP contribution in [0.4, 0.5) is 0 Å². The minimum Gasteiger partial charge on any atom is -0.396 e. The molecule has 0 aromatic rings. The molecule has 0 aromatic carbocycles. The number of imide groups is 1. The molecule has 1 fully saturated rings. The van der Waals surface area contributed by atoms with Crippen molar-refractivity contribution in [2.45, 2.75) is 53.5 Å². The number of rotatable bonds is 5. The zero-order chi connectivity index (χ0) is 14.1. The van der Waals surface area contributed by atoms with Gasteiger partial charge in [-0.2, -0.15) is 0 Å². The van der Waals surface area contributed by atoms with E-state index < -0.39 is 5.41 Å². The van der Waals surface area contributed by atoms with Crippen LogP contribution in [0, 0.1) is 17.3 Å². The van der Waals surface area contributed by atoms with Gasteiger partial charge in [0.15, 0.2) is 0 Å². The summed E-state index contributed by atoms with van der Waals surface area (Å²) in [6.07, 6.45) is 0.751. The third-order valence-corrected chi connectivity index (χ3v) is 4.29. The van der Waals surface area contributed by atoms with Crippen LogP contribution in [0.2, 0.25) is 0 Å². The monoisotopic (exact) mass is 255 g/mol. The zero-order valence-electron chi connectivity index (χ0n) is 12.1. The Morgan fingerprint density at radius 1 is 1.28 bits per heavy atom. The number of amides is 2. The van der Waals surface area contributed by atoms with Crippen LogP contribution < -0.4 is 0 Å². The van der Waals surface area contributed by atoms with E-state index in [-0.39, 0.29) is 42.7 Å². The average Bonchev–Trinajstić information content (AvgIpc) is 2.48. The molecule has 0 radical (unpaired) electrons. The Hall–Kier alpha value is -0.900. The van der Waals surface area contributed by atoms with Crippen molar-refractivity contribution in [3.05, 3.63) is 0 Å². The summed E-state index contributed by atoms with van der Waals surface area (Å²) in [4.78, 5) is 26.1. The molecule has 1 saturated heterocycles. The van der Waals surface area contributed by atoms with Crippen molar-refractivity contribution in [1.29, 1.82) is 0 Å². The van der Waals surface area contributed by atoms with Crippen LogP contribution in [0.5, 0.6) is 0 Å². The van der Waals surface area contributed by atoms with Crippen LogP contribution in [0.3, 0.4) is 0 Å². The van der Waals surface area contributed by atoms with Gasteiger partial charge in [-0.15, -0.1) is 0 Å². The number of hydrogen-bond acceptors (Lipinski definition) is 3. The molecular weight excluding hydrogens is 230 g/mol. The van der Waals surface area contributed by atoms with E-state index in [1.54, 1.807) is 0 Å². The summed E-state index contributed by atoms with van der Waals surface area (Å²) in [6, 6.07) is -0.185. The summed E-state index contributed by atoms with van der Waals surface area (Å²) in [5, 5.41) is 9.11. The topological polar surface area (TPSA) is 57.6 Å². The van der Waals surface area contributed by atoms with Crippen LogP contribution in [0.25, 0.3) is 0 Å². The van der Waals surface area contributed by atoms with Crippen molar-refractivity contribution < 1.29 is 14.7 Å². The molecule has 0 saturated carbocycles. The largest absolute Gasteiger partial charge is 0.396 e. The number of aliphatic hydroxyl groups is 1. The van der Waals surface area contributed by atoms with Crippen LogP contribution >= 0.6 is 0 Å². The van der Waals surface area contributed by atoms with E-state index in [9.17, 15) is 9.59 Å². The number of likely N-dealkylation sites (tertiary alicyclic amines) is 1. The van der Waals surface area contributed by atoms with E-state index in [1.807, 2.05) is 34.6 Å². The molecule has 2 unspecified atom stereocenters. The molecule has 1 aliphatic rings. The Morgan fingerprint density at radius 3 is 2.17 bits per heavy atom. The first-order chi connectivity index (χ1) is 8.25. The molecule has 0 aromatic heterocycles. The second-order valence-corrected chi connectivity index (χ2v) is 6.14. The fourth-order valence-corrected chi connectivity index (χ4v) is 2.54. The normalized spacial score (nSPS) is 26.6. The Labute approximate surface area is 109 Å². The number of carbonyl (C=O) groups excluding carboxylic acids is 2. The summed E-state index contributed by atoms with van der Waals surface area (Å²) < 4.78 is 0. The van der Waals surface area contributed by atoms with Crippen molar-refractivity contribution in [1.82, 2.24) is 4.90 Å². The van der Waals surface area contributed by atoms with Crippen LogP contribution in [-0.2, 0) is 9.59 Å². The minimum absolute atomic E-state index is 0.00169. The Bertz CT molecular complexity index is 338. The molecule has 2 atom stereocenters. The van der Waals surface area contributed by atoms with E-state index in [0.717, 1.165) is 0 Å². The van der Waals surface area contributed by atoms with Crippen LogP contribution in [0.1, 0.15) is 47.5 Å². The highest BCUT2D eigenvalue weighted by Gasteiger charge is 2.52. The standard InChI is InChI=1S/C14H25NO3/c1-9(2)11(6-7-16)15-12(17)8-14(5,10(3)4)13(15)18/h9-11,16H,6-8H2,1-5H3. The van der Waals surface area contributed by atoms with Gasteiger partial charge in [0.1, 0.15) is 0 Å². The number of hydrogen-bond donors (Lipinski definition) is 1. The Morgan fingerprint density at radius 2 is 1.83 bits per heavy atom. The van der Waals surface area contributed by atoms with Gasteiger partial charge >= 0.3 is 0 Å². The predicted molar refractivity (Wildman–Crippen MR) is 69.7 cm³/mol. The summed E-state index contributed by atoms with van der Waals surface area (Å²) in [5.74, 6) is 0.137. The molecular formula is C14H25NO3. The van der Waals surface area contributed by atoms with Gasteiger partial charge in [0.2, 0.25) is 11.8 Å². The second kappa shape index (κ2) is 5.39. The summed E-state index contributed by atoms with van der Waals surface area (Å²) in [5.41, 5.74) is -0.584. The minimum atomic E-state index is -0.584. The molecule has 4 heteroatoms. The molecule has 104 valence electrons. The highest BCUT2D eigenvalue weighted by molar-refractivity contribution is 6.06. The van der Waals surface area contributed by atoms with E-state index in [2.05, 4.69) is 0 Å². The molecule has 18 heavy (non-hydrogen) atoms. The van der Waals surface area contributed by atoms with E-state index in [1.165, 1.54) is 4.90 Å². The van der Waals surface area contributed by atoms with Crippen molar-refractivity contribution in [3.8, 4) is 0 Å². The lowest BCUT2D eigenvalue weighted by molar-refractivity contribution is -0.146. The van der Waals surface area contributed by atoms with Crippen LogP contribution in [0.15, 0.2) is 0 Å². The van der Waals surface area contributed by atoms with E-state index >= 15 is 0 Å². The molecule has 0 spiro atoms. The number of aliphatic hydroxyl groups excluding tert-OH is 1. The molecule has 1 heterocycles. The Balaban J connectivity index is 3.03. The predicted octanol–water partition coefficient (Wildman–Crippen LogP) is 1.81. The second-order valence-electron chi connectivity index (χ2n) is 6.14. The van der Waals surface area contributed by atoms with Crippen LogP contribution in [-0.4, -0.2) is 34.5 Å². The fraction of sp³-hybridized carbons (Fsp3) is 0.857. The third-order valence-electron chi connectivity index (χ3n) is 4.29. The summed E-state index contributed by atoms with van der Waals surface area (Å²) in [7, 11) is 0. The smallest absolute Gasteiger partial charge is 0.236 e. The molecule has 1 aliphatic heterocycles. The highest BCUT2D eigenvalue weighted by atomic mass is 16.3. The maximum absolute atomic E-state index is 12.5. The maximum atomic E-state index is 12.5. The lowest BCUT2D eigenvalue weighted by Gasteiger charge is -2.32. The number of carbonyl (C=O) groups is 2. The van der Waals surface area contributed by atoms with Crippen molar-refractivity contribution in [2.24, 2.45) is 17.3 Å². The van der Waals surface area contributed by atoms with E-state index in [0.29, 0.717) is 6.42 Å². The average molecular weight is 255 g/mol. The van der Waals surface area contributed by atoms with Gasteiger partial charge in [0, 0.05) is 19.1 Å². The first kappa shape index (κ1) is 15.2. The molecule has 1 rings (SSSR count). The SMILES string of the molecule is CC(C)C(CCO)N1C(=O)CC(C)(C(C)C)C1=O. The molecule has 0 bridgehead atoms. The van der Waals surface area contributed by atoms with Gasteiger partial charge in [0.05, 0.1) is 5.41 Å². The van der Waals surface area contributed by atoms with E-state index in [4.69, 9.17) is 5.11 Å². The third kappa shape index (κ3) is 2.44. The van der Waals surface area contributed by atoms with Gasteiger partial charge in [-0.3, -0.25) is 14.5 Å². The number of nitrogens with zero attached hydrogens (tertiary/aromatic N) is 1. The maximum Gasteiger partial charge on any atom is 0.236 e. The van der Waals surface area contributed by atoms with Gasteiger partial charge in [-0.25, -0.2) is 0 Å². The fourth-order valence-electron chi connectivity index (χ4n) is 2.54. The van der Waals surface area contributed by atoms with Gasteiger partial charge < -0.3 is 5.11 Å². The van der Waals surface area contributed by atoms with Crippen molar-refractivity contribution in [3.63, 3.8) is 0 Å². The first-order valence-corrected chi connectivity index (χ1v) is 6.73. The summed E-state index contributed by atoms with van der Waals surface area (Å²) in [6.45, 7) is 9.78. The molecule has 0 aliphatic carbocycles. The lowest BCUT2D eigenvalue weighted by atomic mass is 9.77. The quantitative estimate of drug-likeness (QED) is 0.762. The Kier molecular flexibility index (Phi) is 4.54. The van der Waals surface area contributed by atoms with Gasteiger partial charge in [-0.1, -0.05) is 27.7 Å². The summed E-state index contributed by atoms with van der Waals surface area (Å²) >= 11 is 0. The highest BCUT2D eigenvalue weighted by Crippen LogP contribution is 2.41. The molecule has 2 amide bonds. The van der Waals surface area contributed by atoms with Crippen molar-refractivity contribution >= 4 is 11.8 Å². The van der Waals surface area contributed by atoms with Crippen molar-refractivity contribution in [2.75, 3.05) is 6.61 Å². The molecule has 1 N–H and O–H groups in total. The molecule has 4 nitrogen and oxygen atoms in total. The van der Waals surface area contributed by atoms with Gasteiger partial charge in [-0.05, 0) is 25.2 Å².